The van der Waals surface area contributed by atoms with Crippen molar-refractivity contribution < 1.29 is 16.8 Å². The molecule has 0 spiro atoms. The summed E-state index contributed by atoms with van der Waals surface area (Å²) in [5.74, 6) is 0.311. The SMILES string of the molecule is CS(=O)(=O)c1cc(Cl)ccc1S(=O)(=O)N1CCC(CN)CC1. The number of benzene rings is 1. The highest BCUT2D eigenvalue weighted by Gasteiger charge is 2.32. The maximum absolute atomic E-state index is 12.7. The number of sulfonamides is 1. The van der Waals surface area contributed by atoms with Crippen molar-refractivity contribution in [2.75, 3.05) is 25.9 Å². The molecule has 0 aromatic heterocycles. The lowest BCUT2D eigenvalue weighted by Crippen LogP contribution is -2.40. The molecule has 2 rings (SSSR count). The van der Waals surface area contributed by atoms with Crippen LogP contribution in [0.3, 0.4) is 0 Å². The van der Waals surface area contributed by atoms with E-state index >= 15 is 0 Å². The second-order valence-corrected chi connectivity index (χ2v) is 9.77. The third kappa shape index (κ3) is 3.62. The van der Waals surface area contributed by atoms with Gasteiger partial charge < -0.3 is 5.73 Å². The molecule has 9 heteroatoms. The summed E-state index contributed by atoms with van der Waals surface area (Å²) in [5, 5.41) is 0.182. The highest BCUT2D eigenvalue weighted by atomic mass is 35.5. The van der Waals surface area contributed by atoms with E-state index < -0.39 is 19.9 Å². The summed E-state index contributed by atoms with van der Waals surface area (Å²) in [7, 11) is -7.57. The Kier molecular flexibility index (Phi) is 5.18. The second-order valence-electron chi connectivity index (χ2n) is 5.45. The largest absolute Gasteiger partial charge is 0.330 e. The van der Waals surface area contributed by atoms with Crippen molar-refractivity contribution in [2.45, 2.75) is 22.6 Å². The molecule has 6 nitrogen and oxygen atoms in total. The molecule has 1 aliphatic heterocycles. The van der Waals surface area contributed by atoms with Crippen LogP contribution in [0.15, 0.2) is 28.0 Å². The first-order valence-electron chi connectivity index (χ1n) is 6.86. The van der Waals surface area contributed by atoms with Gasteiger partial charge in [-0.2, -0.15) is 4.31 Å². The highest BCUT2D eigenvalue weighted by molar-refractivity contribution is 7.93. The number of nitrogens with two attached hydrogens (primary N) is 1. The Labute approximate surface area is 136 Å². The van der Waals surface area contributed by atoms with Gasteiger partial charge in [-0.25, -0.2) is 16.8 Å². The van der Waals surface area contributed by atoms with Gasteiger partial charge in [-0.05, 0) is 43.5 Å². The van der Waals surface area contributed by atoms with Gasteiger partial charge in [0.15, 0.2) is 9.84 Å². The summed E-state index contributed by atoms with van der Waals surface area (Å²) in [6.07, 6.45) is 2.33. The van der Waals surface area contributed by atoms with Gasteiger partial charge in [0, 0.05) is 24.4 Å². The van der Waals surface area contributed by atoms with E-state index in [2.05, 4.69) is 0 Å². The average molecular weight is 367 g/mol. The zero-order valence-electron chi connectivity index (χ0n) is 12.2. The van der Waals surface area contributed by atoms with Gasteiger partial charge in [0.2, 0.25) is 10.0 Å². The minimum atomic E-state index is -3.87. The lowest BCUT2D eigenvalue weighted by Gasteiger charge is -2.31. The Morgan fingerprint density at radius 1 is 1.18 bits per heavy atom. The standard InChI is InChI=1S/C13H19ClN2O4S2/c1-21(17,18)13-8-11(14)2-3-12(13)22(19,20)16-6-4-10(9-15)5-7-16/h2-3,8,10H,4-7,9,15H2,1H3. The third-order valence-electron chi connectivity index (χ3n) is 3.83. The number of sulfone groups is 1. The minimum Gasteiger partial charge on any atom is -0.330 e. The normalized spacial score (nSPS) is 18.5. The van der Waals surface area contributed by atoms with Crippen molar-refractivity contribution in [3.8, 4) is 0 Å². The molecule has 0 aliphatic carbocycles. The zero-order valence-corrected chi connectivity index (χ0v) is 14.6. The Bertz CT molecular complexity index is 754. The van der Waals surface area contributed by atoms with Crippen LogP contribution in [0, 0.1) is 5.92 Å². The topological polar surface area (TPSA) is 97.5 Å². The van der Waals surface area contributed by atoms with Crippen LogP contribution in [0.1, 0.15) is 12.8 Å². The molecule has 0 bridgehead atoms. The van der Waals surface area contributed by atoms with E-state index in [1.165, 1.54) is 22.5 Å². The van der Waals surface area contributed by atoms with Crippen molar-refractivity contribution in [2.24, 2.45) is 11.7 Å². The molecular formula is C13H19ClN2O4S2. The van der Waals surface area contributed by atoms with Crippen molar-refractivity contribution in [1.29, 1.82) is 0 Å². The van der Waals surface area contributed by atoms with Crippen LogP contribution in [0.25, 0.3) is 0 Å². The molecule has 1 aliphatic rings. The third-order valence-corrected chi connectivity index (χ3v) is 7.29. The van der Waals surface area contributed by atoms with Crippen molar-refractivity contribution in [3.05, 3.63) is 23.2 Å². The van der Waals surface area contributed by atoms with Gasteiger partial charge in [0.1, 0.15) is 4.90 Å². The smallest absolute Gasteiger partial charge is 0.244 e. The number of rotatable bonds is 4. The summed E-state index contributed by atoms with van der Waals surface area (Å²) >= 11 is 5.81. The van der Waals surface area contributed by atoms with Gasteiger partial charge in [-0.3, -0.25) is 0 Å². The maximum Gasteiger partial charge on any atom is 0.244 e. The predicted octanol–water partition coefficient (Wildman–Crippen LogP) is 1.10. The summed E-state index contributed by atoms with van der Waals surface area (Å²) < 4.78 is 50.6. The van der Waals surface area contributed by atoms with Crippen LogP contribution in [-0.4, -0.2) is 47.0 Å². The highest BCUT2D eigenvalue weighted by Crippen LogP contribution is 2.29. The molecule has 1 fully saturated rings. The van der Waals surface area contributed by atoms with Crippen LogP contribution in [0.2, 0.25) is 5.02 Å². The summed E-state index contributed by atoms with van der Waals surface area (Å²) in [6.45, 7) is 1.22. The molecule has 0 radical (unpaired) electrons. The minimum absolute atomic E-state index is 0.182. The fraction of sp³-hybridized carbons (Fsp3) is 0.538. The Morgan fingerprint density at radius 2 is 1.77 bits per heavy atom. The van der Waals surface area contributed by atoms with Gasteiger partial charge >= 0.3 is 0 Å². The van der Waals surface area contributed by atoms with Crippen LogP contribution >= 0.6 is 11.6 Å². The van der Waals surface area contributed by atoms with Crippen molar-refractivity contribution in [3.63, 3.8) is 0 Å². The lowest BCUT2D eigenvalue weighted by molar-refractivity contribution is 0.278. The number of halogens is 1. The first-order valence-corrected chi connectivity index (χ1v) is 10.6. The molecule has 0 saturated carbocycles. The second kappa shape index (κ2) is 6.45. The molecule has 1 aromatic rings. The van der Waals surface area contributed by atoms with Crippen LogP contribution in [0.4, 0.5) is 0 Å². The molecule has 1 heterocycles. The molecule has 124 valence electrons. The summed E-state index contributed by atoms with van der Waals surface area (Å²) in [4.78, 5) is -0.480. The molecule has 22 heavy (non-hydrogen) atoms. The van der Waals surface area contributed by atoms with Crippen molar-refractivity contribution in [1.82, 2.24) is 4.31 Å². The number of hydrogen-bond acceptors (Lipinski definition) is 5. The summed E-state index contributed by atoms with van der Waals surface area (Å²) in [6, 6.07) is 3.81. The fourth-order valence-corrected chi connectivity index (χ4v) is 5.81. The van der Waals surface area contributed by atoms with Crippen LogP contribution in [-0.2, 0) is 19.9 Å². The molecule has 2 N–H and O–H groups in total. The van der Waals surface area contributed by atoms with Crippen LogP contribution < -0.4 is 5.73 Å². The Balaban J connectivity index is 2.43. The first-order chi connectivity index (χ1) is 10.2. The summed E-state index contributed by atoms with van der Waals surface area (Å²) in [5.41, 5.74) is 5.60. The average Bonchev–Trinajstić information content (AvgIpc) is 2.46. The molecule has 0 amide bonds. The maximum atomic E-state index is 12.7. The van der Waals surface area contributed by atoms with E-state index in [4.69, 9.17) is 17.3 Å². The van der Waals surface area contributed by atoms with E-state index in [1.807, 2.05) is 0 Å². The van der Waals surface area contributed by atoms with E-state index in [-0.39, 0.29) is 14.8 Å². The number of nitrogens with zero attached hydrogens (tertiary/aromatic N) is 1. The lowest BCUT2D eigenvalue weighted by atomic mass is 9.99. The molecule has 0 atom stereocenters. The molecule has 1 saturated heterocycles. The van der Waals surface area contributed by atoms with Crippen molar-refractivity contribution >= 4 is 31.5 Å². The van der Waals surface area contributed by atoms with E-state index in [1.54, 1.807) is 0 Å². The van der Waals surface area contributed by atoms with Gasteiger partial charge in [-0.15, -0.1) is 0 Å². The molecular weight excluding hydrogens is 348 g/mol. The fourth-order valence-electron chi connectivity index (χ4n) is 2.51. The molecule has 0 unspecified atom stereocenters. The first kappa shape index (κ1) is 17.7. The molecule has 1 aromatic carbocycles. The monoisotopic (exact) mass is 366 g/mol. The Morgan fingerprint density at radius 3 is 2.27 bits per heavy atom. The Hall–Kier alpha value is -0.670. The van der Waals surface area contributed by atoms with Gasteiger partial charge in [0.25, 0.3) is 0 Å². The van der Waals surface area contributed by atoms with Gasteiger partial charge in [-0.1, -0.05) is 11.6 Å². The zero-order chi connectivity index (χ0) is 16.5. The van der Waals surface area contributed by atoms with Crippen LogP contribution in [0.5, 0.6) is 0 Å². The predicted molar refractivity (Wildman–Crippen MR) is 85.1 cm³/mol. The van der Waals surface area contributed by atoms with E-state index in [9.17, 15) is 16.8 Å². The number of piperidine rings is 1. The van der Waals surface area contributed by atoms with Gasteiger partial charge in [0.05, 0.1) is 4.90 Å². The van der Waals surface area contributed by atoms with E-state index in [0.29, 0.717) is 38.4 Å². The van der Waals surface area contributed by atoms with E-state index in [0.717, 1.165) is 6.26 Å². The quantitative estimate of drug-likeness (QED) is 0.860. The number of hydrogen-bond donors (Lipinski definition) is 1.